The Morgan fingerprint density at radius 1 is 1.42 bits per heavy atom. The van der Waals surface area contributed by atoms with Crippen LogP contribution in [0.3, 0.4) is 0 Å². The number of aryl methyl sites for hydroxylation is 2. The third-order valence-electron chi connectivity index (χ3n) is 4.28. The molecule has 0 aliphatic carbocycles. The lowest BCUT2D eigenvalue weighted by Crippen LogP contribution is -2.37. The van der Waals surface area contributed by atoms with Crippen LogP contribution in [0.2, 0.25) is 0 Å². The summed E-state index contributed by atoms with van der Waals surface area (Å²) < 4.78 is 7.70. The Bertz CT molecular complexity index is 899. The van der Waals surface area contributed by atoms with Gasteiger partial charge in [0.05, 0.1) is 17.1 Å². The monoisotopic (exact) mass is 326 g/mol. The maximum atomic E-state index is 12.8. The van der Waals surface area contributed by atoms with E-state index in [1.165, 1.54) is 0 Å². The highest BCUT2D eigenvalue weighted by atomic mass is 16.5. The molecular weight excluding hydrogens is 308 g/mol. The molecule has 2 N–H and O–H groups in total. The maximum absolute atomic E-state index is 12.8. The summed E-state index contributed by atoms with van der Waals surface area (Å²) in [5.41, 5.74) is 1.73. The van der Waals surface area contributed by atoms with E-state index in [1.54, 1.807) is 18.5 Å². The number of aromatic amines is 1. The number of carbonyl (C=O) groups excluding carboxylic acids is 1. The van der Waals surface area contributed by atoms with Crippen molar-refractivity contribution in [1.82, 2.24) is 29.8 Å². The van der Waals surface area contributed by atoms with Crippen molar-refractivity contribution in [3.8, 4) is 0 Å². The third-order valence-corrected chi connectivity index (χ3v) is 4.28. The van der Waals surface area contributed by atoms with Crippen LogP contribution < -0.4 is 5.32 Å². The van der Waals surface area contributed by atoms with Crippen LogP contribution in [0.4, 0.5) is 0 Å². The van der Waals surface area contributed by atoms with Crippen LogP contribution in [0.25, 0.3) is 11.2 Å². The Balaban J connectivity index is 1.60. The van der Waals surface area contributed by atoms with Gasteiger partial charge in [-0.1, -0.05) is 0 Å². The number of nitrogens with zero attached hydrogens (tertiary/aromatic N) is 4. The van der Waals surface area contributed by atoms with Gasteiger partial charge in [0.2, 0.25) is 0 Å². The summed E-state index contributed by atoms with van der Waals surface area (Å²) in [7, 11) is 1.92. The fourth-order valence-electron chi connectivity index (χ4n) is 3.10. The van der Waals surface area contributed by atoms with E-state index < -0.39 is 0 Å². The number of aromatic nitrogens is 5. The molecule has 0 spiro atoms. The summed E-state index contributed by atoms with van der Waals surface area (Å²) in [5.74, 6) is 1.38. The topological polar surface area (TPSA) is 97.7 Å². The fourth-order valence-corrected chi connectivity index (χ4v) is 3.10. The van der Waals surface area contributed by atoms with Crippen molar-refractivity contribution in [2.45, 2.75) is 25.5 Å². The number of imidazole rings is 2. The third kappa shape index (κ3) is 2.44. The Kier molecular flexibility index (Phi) is 3.53. The van der Waals surface area contributed by atoms with Crippen molar-refractivity contribution in [3.63, 3.8) is 0 Å². The Hall–Kier alpha value is -2.74. The van der Waals surface area contributed by atoms with Gasteiger partial charge in [0.15, 0.2) is 5.65 Å². The molecule has 0 saturated carbocycles. The first kappa shape index (κ1) is 14.8. The number of ether oxygens (including phenoxy) is 1. The number of carbonyl (C=O) groups is 1. The summed E-state index contributed by atoms with van der Waals surface area (Å²) in [6.45, 7) is 2.43. The van der Waals surface area contributed by atoms with Gasteiger partial charge in [-0.15, -0.1) is 0 Å². The normalized spacial score (nSPS) is 20.6. The van der Waals surface area contributed by atoms with Crippen molar-refractivity contribution in [2.75, 3.05) is 6.61 Å². The first-order chi connectivity index (χ1) is 11.6. The highest BCUT2D eigenvalue weighted by molar-refractivity contribution is 6.04. The average molecular weight is 326 g/mol. The highest BCUT2D eigenvalue weighted by Gasteiger charge is 2.34. The van der Waals surface area contributed by atoms with Crippen LogP contribution in [-0.2, 0) is 11.8 Å². The summed E-state index contributed by atoms with van der Waals surface area (Å²) in [6, 6.07) is 1.58. The smallest absolute Gasteiger partial charge is 0.253 e. The van der Waals surface area contributed by atoms with Crippen molar-refractivity contribution < 1.29 is 9.53 Å². The molecular formula is C16H18N6O2. The molecule has 1 amide bonds. The Morgan fingerprint density at radius 2 is 2.29 bits per heavy atom. The number of hydrogen-bond acceptors (Lipinski definition) is 5. The Morgan fingerprint density at radius 3 is 3.08 bits per heavy atom. The zero-order chi connectivity index (χ0) is 16.7. The molecule has 1 aliphatic rings. The van der Waals surface area contributed by atoms with E-state index in [2.05, 4.69) is 25.3 Å². The number of H-pyrrole nitrogens is 1. The number of rotatable bonds is 3. The number of nitrogens with one attached hydrogen (secondary N) is 2. The molecule has 1 fully saturated rings. The zero-order valence-corrected chi connectivity index (χ0v) is 13.5. The molecule has 8 heteroatoms. The number of pyridine rings is 1. The van der Waals surface area contributed by atoms with E-state index in [4.69, 9.17) is 4.74 Å². The predicted molar refractivity (Wildman–Crippen MR) is 86.4 cm³/mol. The number of fused-ring (bicyclic) bond motifs is 1. The zero-order valence-electron chi connectivity index (χ0n) is 13.5. The number of amides is 1. The van der Waals surface area contributed by atoms with E-state index in [-0.39, 0.29) is 18.1 Å². The van der Waals surface area contributed by atoms with Crippen LogP contribution in [0.5, 0.6) is 0 Å². The molecule has 8 nitrogen and oxygen atoms in total. The van der Waals surface area contributed by atoms with Gasteiger partial charge in [0.1, 0.15) is 17.8 Å². The molecule has 24 heavy (non-hydrogen) atoms. The lowest BCUT2D eigenvalue weighted by Gasteiger charge is -2.19. The molecule has 0 bridgehead atoms. The maximum Gasteiger partial charge on any atom is 0.253 e. The standard InChI is InChI=1S/C16H18N6O2/c1-9-19-12-10(3-5-17-14(12)20-9)16(23)21-11-4-8-24-13(11)15-18-6-7-22(15)2/h3,5-7,11,13H,4,8H2,1-2H3,(H,21,23)(H,17,19,20)/t11-,13-/m0/s1. The quantitative estimate of drug-likeness (QED) is 0.755. The lowest BCUT2D eigenvalue weighted by molar-refractivity contribution is 0.0780. The molecule has 1 saturated heterocycles. The molecule has 4 rings (SSSR count). The van der Waals surface area contributed by atoms with E-state index in [0.29, 0.717) is 23.3 Å². The summed E-state index contributed by atoms with van der Waals surface area (Å²) in [4.78, 5) is 28.6. The fraction of sp³-hybridized carbons (Fsp3) is 0.375. The average Bonchev–Trinajstić information content (AvgIpc) is 3.25. The molecule has 3 aromatic rings. The van der Waals surface area contributed by atoms with E-state index in [9.17, 15) is 4.79 Å². The van der Waals surface area contributed by atoms with Crippen molar-refractivity contribution in [2.24, 2.45) is 7.05 Å². The second-order valence-corrected chi connectivity index (χ2v) is 5.94. The molecule has 0 aromatic carbocycles. The largest absolute Gasteiger partial charge is 0.368 e. The number of hydrogen-bond donors (Lipinski definition) is 2. The second-order valence-electron chi connectivity index (χ2n) is 5.94. The van der Waals surface area contributed by atoms with Crippen molar-refractivity contribution in [1.29, 1.82) is 0 Å². The van der Waals surface area contributed by atoms with Crippen LogP contribution in [0, 0.1) is 6.92 Å². The molecule has 124 valence electrons. The van der Waals surface area contributed by atoms with E-state index >= 15 is 0 Å². The van der Waals surface area contributed by atoms with Gasteiger partial charge in [-0.05, 0) is 19.4 Å². The molecule has 1 aliphatic heterocycles. The van der Waals surface area contributed by atoms with Gasteiger partial charge < -0.3 is 19.6 Å². The van der Waals surface area contributed by atoms with Crippen LogP contribution in [0.15, 0.2) is 24.7 Å². The lowest BCUT2D eigenvalue weighted by atomic mass is 10.1. The van der Waals surface area contributed by atoms with Crippen LogP contribution in [-0.4, -0.2) is 43.1 Å². The SMILES string of the molecule is Cc1nc2nccc(C(=O)N[C@H]3CCO[C@@H]3c3nccn3C)c2[nH]1. The van der Waals surface area contributed by atoms with Gasteiger partial charge in [0, 0.05) is 32.2 Å². The van der Waals surface area contributed by atoms with Gasteiger partial charge in [-0.25, -0.2) is 15.0 Å². The summed E-state index contributed by atoms with van der Waals surface area (Å²) in [5, 5.41) is 3.07. The van der Waals surface area contributed by atoms with Gasteiger partial charge >= 0.3 is 0 Å². The van der Waals surface area contributed by atoms with E-state index in [1.807, 2.05) is 24.7 Å². The first-order valence-electron chi connectivity index (χ1n) is 7.84. The van der Waals surface area contributed by atoms with E-state index in [0.717, 1.165) is 18.1 Å². The van der Waals surface area contributed by atoms with Gasteiger partial charge in [0.25, 0.3) is 5.91 Å². The minimum atomic E-state index is -0.241. The molecule has 2 atom stereocenters. The molecule has 3 aromatic heterocycles. The van der Waals surface area contributed by atoms with Crippen molar-refractivity contribution in [3.05, 3.63) is 41.9 Å². The van der Waals surface area contributed by atoms with Crippen LogP contribution >= 0.6 is 0 Å². The second kappa shape index (κ2) is 5.72. The summed E-state index contributed by atoms with van der Waals surface area (Å²) in [6.07, 6.45) is 5.71. The van der Waals surface area contributed by atoms with Crippen molar-refractivity contribution >= 4 is 17.1 Å². The molecule has 0 radical (unpaired) electrons. The Labute approximate surface area is 138 Å². The molecule has 0 unspecified atom stereocenters. The minimum absolute atomic E-state index is 0.120. The summed E-state index contributed by atoms with van der Waals surface area (Å²) >= 11 is 0. The predicted octanol–water partition coefficient (Wildman–Crippen LogP) is 1.26. The minimum Gasteiger partial charge on any atom is -0.368 e. The molecule has 4 heterocycles. The van der Waals surface area contributed by atoms with Gasteiger partial charge in [-0.2, -0.15) is 0 Å². The highest BCUT2D eigenvalue weighted by Crippen LogP contribution is 2.28. The van der Waals surface area contributed by atoms with Gasteiger partial charge in [-0.3, -0.25) is 4.79 Å². The first-order valence-corrected chi connectivity index (χ1v) is 7.84. The van der Waals surface area contributed by atoms with Crippen LogP contribution in [0.1, 0.15) is 34.5 Å².